The van der Waals surface area contributed by atoms with Crippen LogP contribution in [0.1, 0.15) is 17.5 Å². The van der Waals surface area contributed by atoms with E-state index in [1.807, 2.05) is 0 Å². The zero-order valence-corrected chi connectivity index (χ0v) is 12.8. The van der Waals surface area contributed by atoms with Crippen LogP contribution in [0.4, 0.5) is 8.78 Å². The van der Waals surface area contributed by atoms with Gasteiger partial charge in [-0.05, 0) is 42.2 Å². The minimum absolute atomic E-state index is 0.137. The molecule has 23 heavy (non-hydrogen) atoms. The molecule has 0 aliphatic heterocycles. The van der Waals surface area contributed by atoms with E-state index >= 15 is 0 Å². The number of hydrogen-bond acceptors (Lipinski definition) is 2. The van der Waals surface area contributed by atoms with Crippen molar-refractivity contribution in [1.82, 2.24) is 5.32 Å². The minimum Gasteiger partial charge on any atom is -0.356 e. The maximum Gasteiger partial charge on any atom is 0.221 e. The molecule has 0 radical (unpaired) electrons. The quantitative estimate of drug-likeness (QED) is 0.824. The molecule has 0 saturated carbocycles. The summed E-state index contributed by atoms with van der Waals surface area (Å²) in [5, 5.41) is 2.77. The van der Waals surface area contributed by atoms with Gasteiger partial charge in [0.2, 0.25) is 5.91 Å². The van der Waals surface area contributed by atoms with Gasteiger partial charge in [0, 0.05) is 19.0 Å². The summed E-state index contributed by atoms with van der Waals surface area (Å²) in [5.41, 5.74) is 7.37. The molecule has 0 saturated heterocycles. The van der Waals surface area contributed by atoms with Crippen molar-refractivity contribution in [1.29, 1.82) is 0 Å². The van der Waals surface area contributed by atoms with Crippen molar-refractivity contribution in [3.63, 3.8) is 0 Å². The highest BCUT2D eigenvalue weighted by atomic mass is 19.1. The Morgan fingerprint density at radius 3 is 2.48 bits per heavy atom. The molecule has 1 atom stereocenters. The fourth-order valence-electron chi connectivity index (χ4n) is 2.33. The Bertz CT molecular complexity index is 644. The molecule has 0 fully saturated rings. The van der Waals surface area contributed by atoms with E-state index in [1.165, 1.54) is 18.2 Å². The van der Waals surface area contributed by atoms with Gasteiger partial charge in [-0.25, -0.2) is 8.78 Å². The van der Waals surface area contributed by atoms with Crippen molar-refractivity contribution in [2.24, 2.45) is 5.73 Å². The number of rotatable bonds is 7. The zero-order chi connectivity index (χ0) is 16.7. The smallest absolute Gasteiger partial charge is 0.221 e. The highest BCUT2D eigenvalue weighted by Crippen LogP contribution is 2.09. The molecule has 0 bridgehead atoms. The molecule has 3 nitrogen and oxygen atoms in total. The van der Waals surface area contributed by atoms with Crippen LogP contribution in [0.15, 0.2) is 48.5 Å². The van der Waals surface area contributed by atoms with Gasteiger partial charge in [0.25, 0.3) is 0 Å². The topological polar surface area (TPSA) is 55.1 Å². The van der Waals surface area contributed by atoms with Gasteiger partial charge in [-0.3, -0.25) is 4.79 Å². The first-order valence-electron chi connectivity index (χ1n) is 7.54. The summed E-state index contributed by atoms with van der Waals surface area (Å²) < 4.78 is 26.3. The minimum atomic E-state index is -0.433. The van der Waals surface area contributed by atoms with Crippen molar-refractivity contribution >= 4 is 5.91 Å². The molecule has 0 aromatic heterocycles. The predicted octanol–water partition coefficient (Wildman–Crippen LogP) is 2.58. The van der Waals surface area contributed by atoms with Crippen LogP contribution in [0.25, 0.3) is 0 Å². The Morgan fingerprint density at radius 2 is 1.78 bits per heavy atom. The molecule has 2 aromatic rings. The average Bonchev–Trinajstić information content (AvgIpc) is 2.51. The second kappa shape index (κ2) is 8.39. The van der Waals surface area contributed by atoms with Crippen molar-refractivity contribution in [3.05, 3.63) is 71.3 Å². The van der Waals surface area contributed by atoms with E-state index in [1.54, 1.807) is 30.3 Å². The van der Waals surface area contributed by atoms with Crippen molar-refractivity contribution in [3.8, 4) is 0 Å². The van der Waals surface area contributed by atoms with Crippen LogP contribution in [-0.4, -0.2) is 18.5 Å². The normalized spacial score (nSPS) is 12.0. The number of nitrogens with one attached hydrogen (secondary N) is 1. The molecule has 0 unspecified atom stereocenters. The molecule has 2 aromatic carbocycles. The zero-order valence-electron chi connectivity index (χ0n) is 12.8. The van der Waals surface area contributed by atoms with E-state index < -0.39 is 6.04 Å². The van der Waals surface area contributed by atoms with Crippen LogP contribution in [0, 0.1) is 11.6 Å². The van der Waals surface area contributed by atoms with Crippen LogP contribution in [0.3, 0.4) is 0 Å². The monoisotopic (exact) mass is 318 g/mol. The van der Waals surface area contributed by atoms with E-state index in [2.05, 4.69) is 5.32 Å². The highest BCUT2D eigenvalue weighted by molar-refractivity contribution is 5.76. The van der Waals surface area contributed by atoms with E-state index in [4.69, 9.17) is 5.73 Å². The van der Waals surface area contributed by atoms with Crippen LogP contribution in [0.2, 0.25) is 0 Å². The number of benzene rings is 2. The van der Waals surface area contributed by atoms with E-state index in [0.29, 0.717) is 24.9 Å². The Morgan fingerprint density at radius 1 is 1.09 bits per heavy atom. The summed E-state index contributed by atoms with van der Waals surface area (Å²) in [5.74, 6) is -0.757. The first-order valence-corrected chi connectivity index (χ1v) is 7.54. The first kappa shape index (κ1) is 17.1. The standard InChI is InChI=1S/C18H20F2N2O/c19-15-7-5-13(6-8-15)9-10-22-18(23)12-16(21)11-14-3-1-2-4-17(14)20/h1-8,16H,9-12,21H2,(H,22,23)/t16-/m1/s1. The molecule has 122 valence electrons. The van der Waals surface area contributed by atoms with Gasteiger partial charge in [-0.2, -0.15) is 0 Å². The van der Waals surface area contributed by atoms with Crippen LogP contribution >= 0.6 is 0 Å². The fraction of sp³-hybridized carbons (Fsp3) is 0.278. The summed E-state index contributed by atoms with van der Waals surface area (Å²) in [4.78, 5) is 11.8. The Labute approximate surface area is 134 Å². The van der Waals surface area contributed by atoms with Gasteiger partial charge in [0.05, 0.1) is 0 Å². The second-order valence-corrected chi connectivity index (χ2v) is 5.49. The second-order valence-electron chi connectivity index (χ2n) is 5.49. The first-order chi connectivity index (χ1) is 11.0. The predicted molar refractivity (Wildman–Crippen MR) is 85.8 cm³/mol. The van der Waals surface area contributed by atoms with Gasteiger partial charge in [0.1, 0.15) is 11.6 Å². The molecular weight excluding hydrogens is 298 g/mol. The highest BCUT2D eigenvalue weighted by Gasteiger charge is 2.12. The summed E-state index contributed by atoms with van der Waals surface area (Å²) in [6, 6.07) is 12.1. The summed E-state index contributed by atoms with van der Waals surface area (Å²) in [6.45, 7) is 0.455. The molecule has 3 N–H and O–H groups in total. The van der Waals surface area contributed by atoms with Crippen LogP contribution in [0.5, 0.6) is 0 Å². The Balaban J connectivity index is 1.72. The third-order valence-corrected chi connectivity index (χ3v) is 3.54. The van der Waals surface area contributed by atoms with Gasteiger partial charge in [-0.1, -0.05) is 30.3 Å². The summed E-state index contributed by atoms with van der Waals surface area (Å²) in [6.07, 6.45) is 1.07. The van der Waals surface area contributed by atoms with Gasteiger partial charge in [-0.15, -0.1) is 0 Å². The fourth-order valence-corrected chi connectivity index (χ4v) is 2.33. The van der Waals surface area contributed by atoms with Gasteiger partial charge >= 0.3 is 0 Å². The SMILES string of the molecule is N[C@@H](CC(=O)NCCc1ccc(F)cc1)Cc1ccccc1F. The maximum atomic E-state index is 13.5. The lowest BCUT2D eigenvalue weighted by molar-refractivity contribution is -0.121. The number of nitrogens with two attached hydrogens (primary N) is 1. The lowest BCUT2D eigenvalue weighted by atomic mass is 10.0. The molecular formula is C18H20F2N2O. The van der Waals surface area contributed by atoms with Crippen LogP contribution in [-0.2, 0) is 17.6 Å². The molecule has 2 rings (SSSR count). The van der Waals surface area contributed by atoms with Crippen molar-refractivity contribution < 1.29 is 13.6 Å². The maximum absolute atomic E-state index is 13.5. The molecule has 5 heteroatoms. The van der Waals surface area contributed by atoms with Gasteiger partial charge in [0.15, 0.2) is 0 Å². The molecule has 0 spiro atoms. The third-order valence-electron chi connectivity index (χ3n) is 3.54. The number of hydrogen-bond donors (Lipinski definition) is 2. The largest absolute Gasteiger partial charge is 0.356 e. The average molecular weight is 318 g/mol. The van der Waals surface area contributed by atoms with E-state index in [-0.39, 0.29) is 24.0 Å². The number of amides is 1. The molecule has 1 amide bonds. The lowest BCUT2D eigenvalue weighted by Crippen LogP contribution is -2.34. The molecule has 0 aliphatic rings. The van der Waals surface area contributed by atoms with E-state index in [9.17, 15) is 13.6 Å². The number of carbonyl (C=O) groups is 1. The Kier molecular flexibility index (Phi) is 6.23. The van der Waals surface area contributed by atoms with Crippen molar-refractivity contribution in [2.75, 3.05) is 6.54 Å². The van der Waals surface area contributed by atoms with E-state index in [0.717, 1.165) is 5.56 Å². The molecule has 0 heterocycles. The van der Waals surface area contributed by atoms with Crippen LogP contribution < -0.4 is 11.1 Å². The lowest BCUT2D eigenvalue weighted by Gasteiger charge is -2.12. The summed E-state index contributed by atoms with van der Waals surface area (Å²) >= 11 is 0. The molecule has 0 aliphatic carbocycles. The number of carbonyl (C=O) groups excluding carboxylic acids is 1. The Hall–Kier alpha value is -2.27. The van der Waals surface area contributed by atoms with Crippen molar-refractivity contribution in [2.45, 2.75) is 25.3 Å². The third kappa shape index (κ3) is 5.79. The number of halogens is 2. The van der Waals surface area contributed by atoms with Gasteiger partial charge < -0.3 is 11.1 Å². The summed E-state index contributed by atoms with van der Waals surface area (Å²) in [7, 11) is 0.